The second-order valence-corrected chi connectivity index (χ2v) is 5.52. The van der Waals surface area contributed by atoms with Gasteiger partial charge in [0.2, 0.25) is 0 Å². The first-order valence-electron chi connectivity index (χ1n) is 7.31. The number of hydrogen-bond donors (Lipinski definition) is 1. The fourth-order valence-corrected chi connectivity index (χ4v) is 2.22. The molecule has 0 atom stereocenters. The Morgan fingerprint density at radius 2 is 2.00 bits per heavy atom. The number of carbonyl (C=O) groups is 1. The SMILES string of the molecule is COCCNC(=O)c1nn(CC(C)C)c(=O)c2ccccc12. The van der Waals surface area contributed by atoms with Gasteiger partial charge in [0.15, 0.2) is 5.69 Å². The highest BCUT2D eigenvalue weighted by Crippen LogP contribution is 2.13. The van der Waals surface area contributed by atoms with Crippen molar-refractivity contribution in [1.82, 2.24) is 15.1 Å². The molecule has 1 aromatic carbocycles. The normalized spacial score (nSPS) is 11.1. The molecule has 6 heteroatoms. The Bertz CT molecular complexity index is 722. The van der Waals surface area contributed by atoms with Crippen molar-refractivity contribution in [2.75, 3.05) is 20.3 Å². The minimum atomic E-state index is -0.300. The molecule has 0 aliphatic heterocycles. The highest BCUT2D eigenvalue weighted by molar-refractivity contribution is 6.04. The van der Waals surface area contributed by atoms with Gasteiger partial charge in [-0.1, -0.05) is 32.0 Å². The van der Waals surface area contributed by atoms with Gasteiger partial charge in [-0.05, 0) is 12.0 Å². The Morgan fingerprint density at radius 1 is 1.32 bits per heavy atom. The molecule has 2 rings (SSSR count). The molecule has 0 aliphatic carbocycles. The lowest BCUT2D eigenvalue weighted by molar-refractivity contribution is 0.0931. The van der Waals surface area contributed by atoms with Crippen molar-refractivity contribution in [2.45, 2.75) is 20.4 Å². The Morgan fingerprint density at radius 3 is 2.64 bits per heavy atom. The van der Waals surface area contributed by atoms with Crippen molar-refractivity contribution in [3.8, 4) is 0 Å². The second kappa shape index (κ2) is 7.17. The molecule has 0 aliphatic rings. The van der Waals surface area contributed by atoms with E-state index in [0.29, 0.717) is 30.5 Å². The Kier molecular flexibility index (Phi) is 5.27. The number of hydrogen-bond acceptors (Lipinski definition) is 4. The van der Waals surface area contributed by atoms with E-state index >= 15 is 0 Å². The molecule has 1 aromatic heterocycles. The Hall–Kier alpha value is -2.21. The lowest BCUT2D eigenvalue weighted by atomic mass is 10.1. The van der Waals surface area contributed by atoms with Gasteiger partial charge in [-0.3, -0.25) is 9.59 Å². The van der Waals surface area contributed by atoms with Crippen molar-refractivity contribution in [3.05, 3.63) is 40.3 Å². The van der Waals surface area contributed by atoms with E-state index in [1.54, 1.807) is 31.4 Å². The van der Waals surface area contributed by atoms with Crippen LogP contribution in [0.1, 0.15) is 24.3 Å². The minimum absolute atomic E-state index is 0.169. The highest BCUT2D eigenvalue weighted by atomic mass is 16.5. The smallest absolute Gasteiger partial charge is 0.274 e. The van der Waals surface area contributed by atoms with Crippen LogP contribution in [0.3, 0.4) is 0 Å². The van der Waals surface area contributed by atoms with Crippen LogP contribution in [0.2, 0.25) is 0 Å². The van der Waals surface area contributed by atoms with Crippen LogP contribution in [0.25, 0.3) is 10.8 Å². The molecule has 0 saturated heterocycles. The lowest BCUT2D eigenvalue weighted by Crippen LogP contribution is -2.33. The molecule has 118 valence electrons. The van der Waals surface area contributed by atoms with Crippen LogP contribution >= 0.6 is 0 Å². The number of carbonyl (C=O) groups excluding carboxylic acids is 1. The number of fused-ring (bicyclic) bond motifs is 1. The standard InChI is InChI=1S/C16H21N3O3/c1-11(2)10-19-16(21)13-7-5-4-6-12(13)14(18-19)15(20)17-8-9-22-3/h4-7,11H,8-10H2,1-3H3,(H,17,20). The second-order valence-electron chi connectivity index (χ2n) is 5.52. The summed E-state index contributed by atoms with van der Waals surface area (Å²) < 4.78 is 6.29. The number of rotatable bonds is 6. The van der Waals surface area contributed by atoms with E-state index in [2.05, 4.69) is 10.4 Å². The number of methoxy groups -OCH3 is 1. The largest absolute Gasteiger partial charge is 0.383 e. The van der Waals surface area contributed by atoms with Crippen molar-refractivity contribution in [2.24, 2.45) is 5.92 Å². The predicted molar refractivity (Wildman–Crippen MR) is 85.1 cm³/mol. The van der Waals surface area contributed by atoms with Crippen LogP contribution in [0, 0.1) is 5.92 Å². The molecule has 1 heterocycles. The van der Waals surface area contributed by atoms with E-state index in [4.69, 9.17) is 4.74 Å². The van der Waals surface area contributed by atoms with Crippen LogP contribution in [0.4, 0.5) is 0 Å². The molecule has 0 bridgehead atoms. The molecule has 6 nitrogen and oxygen atoms in total. The van der Waals surface area contributed by atoms with Crippen LogP contribution in [0.15, 0.2) is 29.1 Å². The van der Waals surface area contributed by atoms with Gasteiger partial charge in [-0.2, -0.15) is 5.10 Å². The Labute approximate surface area is 129 Å². The number of benzene rings is 1. The summed E-state index contributed by atoms with van der Waals surface area (Å²) in [5, 5.41) is 8.10. The van der Waals surface area contributed by atoms with Gasteiger partial charge in [0.05, 0.1) is 12.0 Å². The molecule has 0 unspecified atom stereocenters. The van der Waals surface area contributed by atoms with E-state index < -0.39 is 0 Å². The monoisotopic (exact) mass is 303 g/mol. The summed E-state index contributed by atoms with van der Waals surface area (Å²) in [6.45, 7) is 5.30. The topological polar surface area (TPSA) is 73.2 Å². The van der Waals surface area contributed by atoms with Crippen molar-refractivity contribution in [3.63, 3.8) is 0 Å². The molecule has 0 saturated carbocycles. The number of ether oxygens (including phenoxy) is 1. The van der Waals surface area contributed by atoms with Crippen LogP contribution in [0.5, 0.6) is 0 Å². The maximum Gasteiger partial charge on any atom is 0.274 e. The predicted octanol–water partition coefficient (Wildman–Crippen LogP) is 1.43. The van der Waals surface area contributed by atoms with E-state index in [9.17, 15) is 9.59 Å². The Balaban J connectivity index is 2.49. The number of nitrogens with one attached hydrogen (secondary N) is 1. The van der Waals surface area contributed by atoms with Crippen LogP contribution in [-0.4, -0.2) is 35.9 Å². The number of amides is 1. The molecular formula is C16H21N3O3. The minimum Gasteiger partial charge on any atom is -0.383 e. The number of aromatic nitrogens is 2. The number of nitrogens with zero attached hydrogens (tertiary/aromatic N) is 2. The van der Waals surface area contributed by atoms with Crippen LogP contribution < -0.4 is 10.9 Å². The van der Waals surface area contributed by atoms with Gasteiger partial charge in [0.1, 0.15) is 0 Å². The summed E-state index contributed by atoms with van der Waals surface area (Å²) in [4.78, 5) is 24.8. The van der Waals surface area contributed by atoms with Gasteiger partial charge < -0.3 is 10.1 Å². The van der Waals surface area contributed by atoms with Crippen molar-refractivity contribution in [1.29, 1.82) is 0 Å². The molecule has 0 spiro atoms. The molecule has 0 radical (unpaired) electrons. The van der Waals surface area contributed by atoms with Gasteiger partial charge in [0, 0.05) is 25.6 Å². The average Bonchev–Trinajstić information content (AvgIpc) is 2.50. The zero-order valence-electron chi connectivity index (χ0n) is 13.1. The van der Waals surface area contributed by atoms with Gasteiger partial charge >= 0.3 is 0 Å². The highest BCUT2D eigenvalue weighted by Gasteiger charge is 2.16. The zero-order chi connectivity index (χ0) is 16.1. The summed E-state index contributed by atoms with van der Waals surface area (Å²) in [6, 6.07) is 7.05. The lowest BCUT2D eigenvalue weighted by Gasteiger charge is -2.12. The molecule has 1 amide bonds. The molecule has 22 heavy (non-hydrogen) atoms. The maximum atomic E-state index is 12.4. The summed E-state index contributed by atoms with van der Waals surface area (Å²) >= 11 is 0. The van der Waals surface area contributed by atoms with E-state index in [1.165, 1.54) is 4.68 Å². The molecular weight excluding hydrogens is 282 g/mol. The molecule has 0 fully saturated rings. The van der Waals surface area contributed by atoms with Gasteiger partial charge in [-0.25, -0.2) is 4.68 Å². The summed E-state index contributed by atoms with van der Waals surface area (Å²) in [7, 11) is 1.57. The first-order valence-corrected chi connectivity index (χ1v) is 7.31. The third-order valence-corrected chi connectivity index (χ3v) is 3.21. The quantitative estimate of drug-likeness (QED) is 0.819. The zero-order valence-corrected chi connectivity index (χ0v) is 13.1. The fraction of sp³-hybridized carbons (Fsp3) is 0.438. The third-order valence-electron chi connectivity index (χ3n) is 3.21. The maximum absolute atomic E-state index is 12.4. The first-order chi connectivity index (χ1) is 10.5. The summed E-state index contributed by atoms with van der Waals surface area (Å²) in [5.41, 5.74) is 0.102. The van der Waals surface area contributed by atoms with Crippen molar-refractivity contribution < 1.29 is 9.53 Å². The van der Waals surface area contributed by atoms with E-state index in [0.717, 1.165) is 0 Å². The van der Waals surface area contributed by atoms with Crippen LogP contribution in [-0.2, 0) is 11.3 Å². The van der Waals surface area contributed by atoms with E-state index in [1.807, 2.05) is 13.8 Å². The van der Waals surface area contributed by atoms with Gasteiger partial charge in [-0.15, -0.1) is 0 Å². The van der Waals surface area contributed by atoms with E-state index in [-0.39, 0.29) is 23.1 Å². The first kappa shape index (κ1) is 16.2. The average molecular weight is 303 g/mol. The fourth-order valence-electron chi connectivity index (χ4n) is 2.22. The van der Waals surface area contributed by atoms with Gasteiger partial charge in [0.25, 0.3) is 11.5 Å². The molecule has 2 aromatic rings. The molecule has 1 N–H and O–H groups in total. The third kappa shape index (κ3) is 3.51. The summed E-state index contributed by atoms with van der Waals surface area (Å²) in [5.74, 6) is -0.0403. The summed E-state index contributed by atoms with van der Waals surface area (Å²) in [6.07, 6.45) is 0. The van der Waals surface area contributed by atoms with Crippen molar-refractivity contribution >= 4 is 16.7 Å².